The lowest BCUT2D eigenvalue weighted by Gasteiger charge is -2.30. The molecule has 138 valence electrons. The molecule has 1 N–H and O–H groups in total. The smallest absolute Gasteiger partial charge is 0.270 e. The molecule has 1 aliphatic heterocycles. The lowest BCUT2D eigenvalue weighted by molar-refractivity contribution is 0.0948. The number of hydrogen-bond donors (Lipinski definition) is 1. The Morgan fingerprint density at radius 1 is 1.15 bits per heavy atom. The van der Waals surface area contributed by atoms with Crippen LogP contribution in [0.2, 0.25) is 0 Å². The standard InChI is InChI=1S/C19H24N4O3/c1-4-6-20-19(24)15-10-18(22-12-21-15)23-7-5-13-8-16(25-2)17(26-3)9-14(13)11-23/h8-10,12H,4-7,11H2,1-3H3,(H,20,24). The summed E-state index contributed by atoms with van der Waals surface area (Å²) in [5.41, 5.74) is 2.81. The van der Waals surface area contributed by atoms with Crippen LogP contribution in [0.5, 0.6) is 11.5 Å². The molecule has 0 bridgehead atoms. The number of nitrogens with zero attached hydrogens (tertiary/aromatic N) is 3. The van der Waals surface area contributed by atoms with E-state index < -0.39 is 0 Å². The highest BCUT2D eigenvalue weighted by Crippen LogP contribution is 2.34. The Kier molecular flexibility index (Phi) is 5.55. The molecule has 1 aromatic heterocycles. The highest BCUT2D eigenvalue weighted by Gasteiger charge is 2.21. The Labute approximate surface area is 153 Å². The monoisotopic (exact) mass is 356 g/mol. The van der Waals surface area contributed by atoms with Crippen molar-refractivity contribution in [1.29, 1.82) is 0 Å². The third kappa shape index (κ3) is 3.71. The van der Waals surface area contributed by atoms with E-state index >= 15 is 0 Å². The van der Waals surface area contributed by atoms with Gasteiger partial charge in [0.05, 0.1) is 14.2 Å². The van der Waals surface area contributed by atoms with Crippen molar-refractivity contribution in [1.82, 2.24) is 15.3 Å². The van der Waals surface area contributed by atoms with E-state index in [0.29, 0.717) is 18.8 Å². The van der Waals surface area contributed by atoms with Crippen molar-refractivity contribution in [3.05, 3.63) is 41.3 Å². The first-order valence-corrected chi connectivity index (χ1v) is 8.75. The van der Waals surface area contributed by atoms with Crippen molar-refractivity contribution >= 4 is 11.7 Å². The fourth-order valence-electron chi connectivity index (χ4n) is 3.05. The number of anilines is 1. The molecular formula is C19H24N4O3. The van der Waals surface area contributed by atoms with Gasteiger partial charge in [0.15, 0.2) is 11.5 Å². The van der Waals surface area contributed by atoms with Gasteiger partial charge in [0.1, 0.15) is 17.8 Å². The van der Waals surface area contributed by atoms with E-state index in [1.165, 1.54) is 17.5 Å². The summed E-state index contributed by atoms with van der Waals surface area (Å²) >= 11 is 0. The molecule has 0 radical (unpaired) electrons. The summed E-state index contributed by atoms with van der Waals surface area (Å²) < 4.78 is 10.8. The number of methoxy groups -OCH3 is 2. The molecule has 26 heavy (non-hydrogen) atoms. The van der Waals surface area contributed by atoms with Crippen molar-refractivity contribution in [3.8, 4) is 11.5 Å². The molecule has 0 saturated heterocycles. The minimum atomic E-state index is -0.167. The molecule has 0 spiro atoms. The van der Waals surface area contributed by atoms with Gasteiger partial charge in [0, 0.05) is 25.7 Å². The fourth-order valence-corrected chi connectivity index (χ4v) is 3.05. The van der Waals surface area contributed by atoms with Crippen molar-refractivity contribution in [3.63, 3.8) is 0 Å². The number of fused-ring (bicyclic) bond motifs is 1. The quantitative estimate of drug-likeness (QED) is 0.855. The second-order valence-corrected chi connectivity index (χ2v) is 6.16. The molecule has 1 aromatic carbocycles. The molecule has 0 unspecified atom stereocenters. The largest absolute Gasteiger partial charge is 0.493 e. The molecule has 0 atom stereocenters. The first-order chi connectivity index (χ1) is 12.7. The number of carbonyl (C=O) groups excluding carboxylic acids is 1. The maximum atomic E-state index is 12.1. The molecule has 2 heterocycles. The van der Waals surface area contributed by atoms with Gasteiger partial charge >= 0.3 is 0 Å². The first-order valence-electron chi connectivity index (χ1n) is 8.75. The van der Waals surface area contributed by atoms with Crippen LogP contribution in [0, 0.1) is 0 Å². The predicted molar refractivity (Wildman–Crippen MR) is 99.0 cm³/mol. The van der Waals surface area contributed by atoms with E-state index in [-0.39, 0.29) is 5.91 Å². The molecule has 2 aromatic rings. The number of nitrogens with one attached hydrogen (secondary N) is 1. The second-order valence-electron chi connectivity index (χ2n) is 6.16. The van der Waals surface area contributed by atoms with Gasteiger partial charge in [-0.25, -0.2) is 9.97 Å². The molecular weight excluding hydrogens is 332 g/mol. The summed E-state index contributed by atoms with van der Waals surface area (Å²) in [4.78, 5) is 22.7. The first kappa shape index (κ1) is 18.0. The van der Waals surface area contributed by atoms with Crippen LogP contribution in [0.4, 0.5) is 5.82 Å². The van der Waals surface area contributed by atoms with Crippen LogP contribution in [0.1, 0.15) is 35.0 Å². The second kappa shape index (κ2) is 8.03. The van der Waals surface area contributed by atoms with Crippen LogP contribution < -0.4 is 19.7 Å². The van der Waals surface area contributed by atoms with E-state index in [9.17, 15) is 4.79 Å². The Morgan fingerprint density at radius 3 is 2.58 bits per heavy atom. The van der Waals surface area contributed by atoms with Crippen LogP contribution in [-0.4, -0.2) is 43.2 Å². The van der Waals surface area contributed by atoms with Gasteiger partial charge in [0.2, 0.25) is 0 Å². The third-order valence-corrected chi connectivity index (χ3v) is 4.46. The van der Waals surface area contributed by atoms with E-state index in [1.807, 2.05) is 19.1 Å². The van der Waals surface area contributed by atoms with Crippen LogP contribution in [-0.2, 0) is 13.0 Å². The van der Waals surface area contributed by atoms with E-state index in [4.69, 9.17) is 9.47 Å². The van der Waals surface area contributed by atoms with Crippen LogP contribution in [0.25, 0.3) is 0 Å². The summed E-state index contributed by atoms with van der Waals surface area (Å²) in [6, 6.07) is 5.79. The summed E-state index contributed by atoms with van der Waals surface area (Å²) in [5, 5.41) is 2.84. The maximum absolute atomic E-state index is 12.1. The predicted octanol–water partition coefficient (Wildman–Crippen LogP) is 2.20. The zero-order chi connectivity index (χ0) is 18.5. The normalized spacial score (nSPS) is 13.1. The molecule has 0 saturated carbocycles. The zero-order valence-corrected chi connectivity index (χ0v) is 15.4. The van der Waals surface area contributed by atoms with Gasteiger partial charge in [0.25, 0.3) is 5.91 Å². The number of aromatic nitrogens is 2. The molecule has 7 nitrogen and oxygen atoms in total. The highest BCUT2D eigenvalue weighted by molar-refractivity contribution is 5.92. The van der Waals surface area contributed by atoms with Crippen LogP contribution in [0.15, 0.2) is 24.5 Å². The van der Waals surface area contributed by atoms with Gasteiger partial charge in [-0.15, -0.1) is 0 Å². The van der Waals surface area contributed by atoms with Crippen molar-refractivity contribution in [2.24, 2.45) is 0 Å². The minimum Gasteiger partial charge on any atom is -0.493 e. The number of carbonyl (C=O) groups is 1. The molecule has 3 rings (SSSR count). The number of hydrogen-bond acceptors (Lipinski definition) is 6. The number of ether oxygens (including phenoxy) is 2. The maximum Gasteiger partial charge on any atom is 0.270 e. The highest BCUT2D eigenvalue weighted by atomic mass is 16.5. The van der Waals surface area contributed by atoms with Crippen LogP contribution >= 0.6 is 0 Å². The van der Waals surface area contributed by atoms with Crippen molar-refractivity contribution < 1.29 is 14.3 Å². The SMILES string of the molecule is CCCNC(=O)c1cc(N2CCc3cc(OC)c(OC)cc3C2)ncn1. The fraction of sp³-hybridized carbons (Fsp3) is 0.421. The van der Waals surface area contributed by atoms with Gasteiger partial charge in [-0.3, -0.25) is 4.79 Å². The van der Waals surface area contributed by atoms with Gasteiger partial charge in [-0.2, -0.15) is 0 Å². The molecule has 0 fully saturated rings. The Morgan fingerprint density at radius 2 is 1.88 bits per heavy atom. The number of amides is 1. The summed E-state index contributed by atoms with van der Waals surface area (Å²) in [6.45, 7) is 4.16. The minimum absolute atomic E-state index is 0.167. The summed E-state index contributed by atoms with van der Waals surface area (Å²) in [5.74, 6) is 2.05. The zero-order valence-electron chi connectivity index (χ0n) is 15.4. The van der Waals surface area contributed by atoms with Gasteiger partial charge < -0.3 is 19.7 Å². The van der Waals surface area contributed by atoms with Gasteiger partial charge in [-0.1, -0.05) is 6.92 Å². The summed E-state index contributed by atoms with van der Waals surface area (Å²) in [7, 11) is 3.28. The lowest BCUT2D eigenvalue weighted by atomic mass is 9.99. The van der Waals surface area contributed by atoms with Gasteiger partial charge in [-0.05, 0) is 36.1 Å². The Hall–Kier alpha value is -2.83. The molecule has 1 amide bonds. The van der Waals surface area contributed by atoms with E-state index in [2.05, 4.69) is 20.2 Å². The molecule has 0 aliphatic carbocycles. The Bertz CT molecular complexity index is 794. The van der Waals surface area contributed by atoms with E-state index in [1.54, 1.807) is 20.3 Å². The van der Waals surface area contributed by atoms with Crippen LogP contribution in [0.3, 0.4) is 0 Å². The van der Waals surface area contributed by atoms with Crippen molar-refractivity contribution in [2.75, 3.05) is 32.2 Å². The average molecular weight is 356 g/mol. The number of benzene rings is 1. The number of rotatable bonds is 6. The molecule has 1 aliphatic rings. The Balaban J connectivity index is 1.81. The summed E-state index contributed by atoms with van der Waals surface area (Å²) in [6.07, 6.45) is 3.20. The molecule has 7 heteroatoms. The average Bonchev–Trinajstić information content (AvgIpc) is 2.70. The lowest BCUT2D eigenvalue weighted by Crippen LogP contribution is -2.32. The third-order valence-electron chi connectivity index (χ3n) is 4.46. The van der Waals surface area contributed by atoms with Crippen molar-refractivity contribution in [2.45, 2.75) is 26.3 Å². The topological polar surface area (TPSA) is 76.6 Å². The van der Waals surface area contributed by atoms with E-state index in [0.717, 1.165) is 36.7 Å².